The lowest BCUT2D eigenvalue weighted by molar-refractivity contribution is -0.150. The molecular weight excluding hydrogens is 282 g/mol. The van der Waals surface area contributed by atoms with Gasteiger partial charge in [-0.05, 0) is 48.9 Å². The van der Waals surface area contributed by atoms with Crippen molar-refractivity contribution < 1.29 is 19.1 Å². The molecule has 2 bridgehead atoms. The van der Waals surface area contributed by atoms with Gasteiger partial charge in [0.1, 0.15) is 5.75 Å². The van der Waals surface area contributed by atoms with Crippen LogP contribution in [-0.2, 0) is 14.3 Å². The van der Waals surface area contributed by atoms with E-state index in [0.29, 0.717) is 11.8 Å². The van der Waals surface area contributed by atoms with Crippen molar-refractivity contribution in [2.75, 3.05) is 19.1 Å². The third-order valence-electron chi connectivity index (χ3n) is 5.65. The van der Waals surface area contributed by atoms with Crippen molar-refractivity contribution in [2.45, 2.75) is 18.9 Å². The molecule has 0 aromatic heterocycles. The number of nitrogens with zero attached hydrogens (tertiary/aromatic N) is 1. The van der Waals surface area contributed by atoms with Gasteiger partial charge in [-0.2, -0.15) is 0 Å². The molecule has 1 aliphatic heterocycles. The summed E-state index contributed by atoms with van der Waals surface area (Å²) in [5.74, 6) is 0.773. The predicted molar refractivity (Wildman–Crippen MR) is 79.5 cm³/mol. The van der Waals surface area contributed by atoms with Crippen LogP contribution < -0.4 is 9.64 Å². The van der Waals surface area contributed by atoms with Crippen LogP contribution in [0.25, 0.3) is 0 Å². The average molecular weight is 301 g/mol. The summed E-state index contributed by atoms with van der Waals surface area (Å²) in [5, 5.41) is 0. The van der Waals surface area contributed by atoms with Crippen LogP contribution in [0.1, 0.15) is 12.8 Å². The fourth-order valence-corrected chi connectivity index (χ4v) is 4.82. The molecule has 3 aliphatic rings. The number of benzene rings is 1. The molecule has 0 radical (unpaired) electrons. The quantitative estimate of drug-likeness (QED) is 0.800. The highest BCUT2D eigenvalue weighted by Gasteiger charge is 2.65. The molecule has 1 heterocycles. The van der Waals surface area contributed by atoms with Gasteiger partial charge in [0.05, 0.1) is 26.1 Å². The minimum Gasteiger partial charge on any atom is -0.497 e. The zero-order valence-electron chi connectivity index (χ0n) is 12.7. The van der Waals surface area contributed by atoms with E-state index in [0.717, 1.165) is 24.3 Å². The van der Waals surface area contributed by atoms with Gasteiger partial charge in [0, 0.05) is 11.7 Å². The third kappa shape index (κ3) is 1.65. The number of hydrogen-bond acceptors (Lipinski definition) is 4. The maximum Gasteiger partial charge on any atom is 0.309 e. The van der Waals surface area contributed by atoms with Gasteiger partial charge >= 0.3 is 5.97 Å². The number of amides is 1. The number of fused-ring (bicyclic) bond motifs is 1. The number of hydrogen-bond donors (Lipinski definition) is 0. The summed E-state index contributed by atoms with van der Waals surface area (Å²) in [4.78, 5) is 26.9. The number of ether oxygens (including phenoxy) is 2. The van der Waals surface area contributed by atoms with E-state index in [9.17, 15) is 9.59 Å². The van der Waals surface area contributed by atoms with Crippen LogP contribution in [0.15, 0.2) is 24.3 Å². The van der Waals surface area contributed by atoms with Crippen LogP contribution in [-0.4, -0.2) is 32.1 Å². The molecule has 0 spiro atoms. The second kappa shape index (κ2) is 4.73. The molecule has 1 aromatic carbocycles. The number of anilines is 1. The first-order valence-electron chi connectivity index (χ1n) is 7.70. The van der Waals surface area contributed by atoms with Crippen molar-refractivity contribution >= 4 is 17.6 Å². The number of rotatable bonds is 3. The van der Waals surface area contributed by atoms with Crippen LogP contribution in [0, 0.1) is 23.7 Å². The van der Waals surface area contributed by atoms with E-state index in [1.54, 1.807) is 7.11 Å². The van der Waals surface area contributed by atoms with E-state index in [1.165, 1.54) is 7.11 Å². The molecule has 2 saturated carbocycles. The fraction of sp³-hybridized carbons (Fsp3) is 0.529. The van der Waals surface area contributed by atoms with E-state index in [2.05, 4.69) is 0 Å². The van der Waals surface area contributed by atoms with E-state index >= 15 is 0 Å². The van der Waals surface area contributed by atoms with Crippen molar-refractivity contribution in [3.63, 3.8) is 0 Å². The summed E-state index contributed by atoms with van der Waals surface area (Å²) >= 11 is 0. The van der Waals surface area contributed by atoms with Gasteiger partial charge < -0.3 is 14.4 Å². The highest BCUT2D eigenvalue weighted by atomic mass is 16.5. The SMILES string of the molecule is COC(=O)[C@H]1[C@@H]2C[C@@H]3[C@H]1C(=O)N(c1ccc(OC)cc1)[C@@H]3C2. The second-order valence-corrected chi connectivity index (χ2v) is 6.44. The zero-order valence-corrected chi connectivity index (χ0v) is 12.7. The summed E-state index contributed by atoms with van der Waals surface area (Å²) < 4.78 is 10.1. The average Bonchev–Trinajstić information content (AvgIpc) is 3.16. The van der Waals surface area contributed by atoms with Crippen LogP contribution in [0.2, 0.25) is 0 Å². The molecule has 4 rings (SSSR count). The molecule has 1 amide bonds. The van der Waals surface area contributed by atoms with Crippen LogP contribution >= 0.6 is 0 Å². The summed E-state index contributed by atoms with van der Waals surface area (Å²) in [6.45, 7) is 0. The molecule has 5 atom stereocenters. The Morgan fingerprint density at radius 1 is 1.18 bits per heavy atom. The molecule has 1 saturated heterocycles. The first kappa shape index (κ1) is 13.6. The van der Waals surface area contributed by atoms with Gasteiger partial charge in [-0.3, -0.25) is 9.59 Å². The van der Waals surface area contributed by atoms with Gasteiger partial charge in [0.15, 0.2) is 0 Å². The highest BCUT2D eigenvalue weighted by Crippen LogP contribution is 2.59. The van der Waals surface area contributed by atoms with Crippen molar-refractivity contribution in [3.8, 4) is 5.75 Å². The zero-order chi connectivity index (χ0) is 15.4. The summed E-state index contributed by atoms with van der Waals surface area (Å²) in [7, 11) is 3.03. The molecule has 5 heteroatoms. The van der Waals surface area contributed by atoms with E-state index in [4.69, 9.17) is 9.47 Å². The van der Waals surface area contributed by atoms with Gasteiger partial charge in [0.2, 0.25) is 5.91 Å². The smallest absolute Gasteiger partial charge is 0.309 e. The molecule has 5 nitrogen and oxygen atoms in total. The Kier molecular flexibility index (Phi) is 2.93. The minimum atomic E-state index is -0.248. The predicted octanol–water partition coefficient (Wildman–Crippen LogP) is 1.86. The lowest BCUT2D eigenvalue weighted by Gasteiger charge is -2.26. The standard InChI is InChI=1S/C17H19NO4/c1-21-11-5-3-10(4-6-11)18-13-8-9-7-12(13)15(16(18)19)14(9)17(20)22-2/h3-6,9,12-15H,7-8H2,1-2H3/t9-,12+,13-,14+,15-/m1/s1. The molecule has 22 heavy (non-hydrogen) atoms. The Hall–Kier alpha value is -2.04. The Labute approximate surface area is 129 Å². The highest BCUT2D eigenvalue weighted by molar-refractivity contribution is 6.02. The molecule has 0 N–H and O–H groups in total. The van der Waals surface area contributed by atoms with E-state index in [-0.39, 0.29) is 29.8 Å². The summed E-state index contributed by atoms with van der Waals surface area (Å²) in [6.07, 6.45) is 1.87. The van der Waals surface area contributed by atoms with Gasteiger partial charge in [-0.15, -0.1) is 0 Å². The molecular formula is C17H19NO4. The first-order valence-corrected chi connectivity index (χ1v) is 7.70. The second-order valence-electron chi connectivity index (χ2n) is 6.44. The van der Waals surface area contributed by atoms with Crippen molar-refractivity contribution in [3.05, 3.63) is 24.3 Å². The van der Waals surface area contributed by atoms with Gasteiger partial charge in [0.25, 0.3) is 0 Å². The van der Waals surface area contributed by atoms with E-state index in [1.807, 2.05) is 29.2 Å². The van der Waals surface area contributed by atoms with Crippen LogP contribution in [0.3, 0.4) is 0 Å². The third-order valence-corrected chi connectivity index (χ3v) is 5.65. The van der Waals surface area contributed by atoms with Crippen molar-refractivity contribution in [1.82, 2.24) is 0 Å². The number of carbonyl (C=O) groups is 2. The minimum absolute atomic E-state index is 0.0792. The maximum atomic E-state index is 12.9. The number of carbonyl (C=O) groups excluding carboxylic acids is 2. The number of methoxy groups -OCH3 is 2. The molecule has 3 fully saturated rings. The largest absolute Gasteiger partial charge is 0.497 e. The summed E-state index contributed by atoms with van der Waals surface area (Å²) in [5.41, 5.74) is 0.898. The van der Waals surface area contributed by atoms with Crippen LogP contribution in [0.5, 0.6) is 5.75 Å². The lowest BCUT2D eigenvalue weighted by Crippen LogP contribution is -2.33. The molecule has 0 unspecified atom stereocenters. The normalized spacial score (nSPS) is 35.1. The Morgan fingerprint density at radius 3 is 2.55 bits per heavy atom. The van der Waals surface area contributed by atoms with Gasteiger partial charge in [-0.25, -0.2) is 0 Å². The summed E-state index contributed by atoms with van der Waals surface area (Å²) in [6, 6.07) is 7.81. The van der Waals surface area contributed by atoms with Gasteiger partial charge in [-0.1, -0.05) is 0 Å². The van der Waals surface area contributed by atoms with E-state index < -0.39 is 0 Å². The maximum absolute atomic E-state index is 12.9. The molecule has 1 aromatic rings. The van der Waals surface area contributed by atoms with Crippen molar-refractivity contribution in [2.24, 2.45) is 23.7 Å². The Bertz CT molecular complexity index is 626. The Balaban J connectivity index is 1.67. The van der Waals surface area contributed by atoms with Crippen LogP contribution in [0.4, 0.5) is 5.69 Å². The fourth-order valence-electron chi connectivity index (χ4n) is 4.82. The topological polar surface area (TPSA) is 55.8 Å². The molecule has 2 aliphatic carbocycles. The number of esters is 1. The first-order chi connectivity index (χ1) is 10.7. The lowest BCUT2D eigenvalue weighted by atomic mass is 9.80. The van der Waals surface area contributed by atoms with Crippen molar-refractivity contribution in [1.29, 1.82) is 0 Å². The Morgan fingerprint density at radius 2 is 1.91 bits per heavy atom. The molecule has 116 valence electrons. The monoisotopic (exact) mass is 301 g/mol.